The Morgan fingerprint density at radius 1 is 1.11 bits per heavy atom. The number of Topliss-reactive ketones (excluding diaryl/α,β-unsaturated/α-hetero) is 1. The lowest BCUT2D eigenvalue weighted by molar-refractivity contribution is -0.131. The van der Waals surface area contributed by atoms with Gasteiger partial charge in [0.1, 0.15) is 6.10 Å². The lowest BCUT2D eigenvalue weighted by Crippen LogP contribution is -2.32. The third kappa shape index (κ3) is 1.83. The molecule has 2 nitrogen and oxygen atoms in total. The largest absolute Gasteiger partial charge is 0.381 e. The van der Waals surface area contributed by atoms with Crippen molar-refractivity contribution in [2.24, 2.45) is 5.92 Å². The number of hydrogen-bond acceptors (Lipinski definition) is 2. The second kappa shape index (κ2) is 4.44. The van der Waals surface area contributed by atoms with Crippen LogP contribution in [0.3, 0.4) is 0 Å². The third-order valence-corrected chi connectivity index (χ3v) is 4.51. The molecule has 0 aliphatic heterocycles. The van der Waals surface area contributed by atoms with E-state index in [4.69, 9.17) is 0 Å². The van der Waals surface area contributed by atoms with E-state index in [-0.39, 0.29) is 17.6 Å². The van der Waals surface area contributed by atoms with Crippen LogP contribution >= 0.6 is 31.9 Å². The van der Waals surface area contributed by atoms with E-state index in [2.05, 4.69) is 31.9 Å². The van der Waals surface area contributed by atoms with E-state index in [1.807, 2.05) is 36.4 Å². The highest BCUT2D eigenvalue weighted by molar-refractivity contribution is 9.12. The molecule has 0 fully saturated rings. The Morgan fingerprint density at radius 3 is 2.67 bits per heavy atom. The summed E-state index contributed by atoms with van der Waals surface area (Å²) in [6, 6.07) is 5.75. The maximum atomic E-state index is 12.2. The summed E-state index contributed by atoms with van der Waals surface area (Å²) in [6.07, 6.45) is 4.83. The number of carbonyl (C=O) groups excluding carboxylic acids is 1. The summed E-state index contributed by atoms with van der Waals surface area (Å²) in [4.78, 5) is 12.2. The highest BCUT2D eigenvalue weighted by atomic mass is 79.9. The fraction of sp³-hybridized carbons (Fsp3) is 0.214. The first-order valence-electron chi connectivity index (χ1n) is 5.64. The van der Waals surface area contributed by atoms with Crippen molar-refractivity contribution < 1.29 is 9.90 Å². The fourth-order valence-corrected chi connectivity index (χ4v) is 3.44. The highest BCUT2D eigenvalue weighted by Gasteiger charge is 2.39. The van der Waals surface area contributed by atoms with Gasteiger partial charge < -0.3 is 5.11 Å². The molecule has 0 saturated carbocycles. The molecule has 18 heavy (non-hydrogen) atoms. The van der Waals surface area contributed by atoms with Crippen molar-refractivity contribution >= 4 is 37.6 Å². The Morgan fingerprint density at radius 2 is 1.89 bits per heavy atom. The summed E-state index contributed by atoms with van der Waals surface area (Å²) in [7, 11) is 0. The quantitative estimate of drug-likeness (QED) is 0.758. The standard InChI is InChI=1S/C14H10Br2O2/c15-7-1-3-9-10-4-2-8(16)6-12(10)14(18)13(17)11(9)5-7/h1-6,9,11,14,18H. The minimum atomic E-state index is -1.03. The van der Waals surface area contributed by atoms with Crippen molar-refractivity contribution in [2.45, 2.75) is 12.0 Å². The van der Waals surface area contributed by atoms with Crippen molar-refractivity contribution in [3.8, 4) is 0 Å². The lowest BCUT2D eigenvalue weighted by atomic mass is 9.71. The lowest BCUT2D eigenvalue weighted by Gasteiger charge is -2.33. The first kappa shape index (κ1) is 12.3. The van der Waals surface area contributed by atoms with Gasteiger partial charge >= 0.3 is 0 Å². The normalized spacial score (nSPS) is 29.6. The second-order valence-corrected chi connectivity index (χ2v) is 6.37. The van der Waals surface area contributed by atoms with Crippen LogP contribution in [0.15, 0.2) is 45.4 Å². The van der Waals surface area contributed by atoms with Crippen LogP contribution in [0.4, 0.5) is 0 Å². The molecule has 3 rings (SSSR count). The van der Waals surface area contributed by atoms with Gasteiger partial charge in [-0.3, -0.25) is 4.79 Å². The zero-order valence-electron chi connectivity index (χ0n) is 9.31. The molecule has 0 amide bonds. The summed E-state index contributed by atoms with van der Waals surface area (Å²) in [5.74, 6) is -0.370. The van der Waals surface area contributed by atoms with Gasteiger partial charge in [0.05, 0.1) is 5.92 Å². The number of hydrogen-bond donors (Lipinski definition) is 1. The van der Waals surface area contributed by atoms with E-state index < -0.39 is 6.10 Å². The average Bonchev–Trinajstić information content (AvgIpc) is 2.36. The number of carbonyl (C=O) groups is 1. The van der Waals surface area contributed by atoms with Gasteiger partial charge in [0.2, 0.25) is 0 Å². The molecule has 0 bridgehead atoms. The Bertz CT molecular complexity index is 589. The van der Waals surface area contributed by atoms with E-state index in [1.54, 1.807) is 0 Å². The van der Waals surface area contributed by atoms with Crippen LogP contribution < -0.4 is 0 Å². The minimum absolute atomic E-state index is 0.0327. The summed E-state index contributed by atoms with van der Waals surface area (Å²) >= 11 is 6.76. The number of aliphatic hydroxyl groups is 1. The maximum absolute atomic E-state index is 12.2. The summed E-state index contributed by atoms with van der Waals surface area (Å²) in [5, 5.41) is 10.1. The number of aliphatic hydroxyl groups excluding tert-OH is 1. The van der Waals surface area contributed by atoms with E-state index in [9.17, 15) is 9.90 Å². The minimum Gasteiger partial charge on any atom is -0.381 e. The van der Waals surface area contributed by atoms with E-state index in [1.165, 1.54) is 0 Å². The molecule has 3 unspecified atom stereocenters. The van der Waals surface area contributed by atoms with Gasteiger partial charge in [0.15, 0.2) is 5.78 Å². The molecule has 1 N–H and O–H groups in total. The molecule has 4 heteroatoms. The Hall–Kier alpha value is -0.710. The number of ketones is 1. The van der Waals surface area contributed by atoms with Gasteiger partial charge in [-0.1, -0.05) is 56.2 Å². The van der Waals surface area contributed by atoms with Crippen LogP contribution in [0.5, 0.6) is 0 Å². The zero-order chi connectivity index (χ0) is 12.9. The number of allylic oxidation sites excluding steroid dienone is 4. The van der Waals surface area contributed by atoms with E-state index in [0.29, 0.717) is 5.56 Å². The molecule has 2 aliphatic rings. The van der Waals surface area contributed by atoms with Crippen LogP contribution in [-0.2, 0) is 4.79 Å². The maximum Gasteiger partial charge on any atom is 0.173 e. The molecule has 1 aromatic rings. The van der Waals surface area contributed by atoms with Gasteiger partial charge in [-0.25, -0.2) is 0 Å². The van der Waals surface area contributed by atoms with Gasteiger partial charge in [-0.05, 0) is 23.3 Å². The monoisotopic (exact) mass is 368 g/mol. The van der Waals surface area contributed by atoms with Crippen LogP contribution in [0, 0.1) is 5.92 Å². The first-order chi connectivity index (χ1) is 8.58. The molecule has 0 spiro atoms. The van der Waals surface area contributed by atoms with Crippen LogP contribution in [-0.4, -0.2) is 10.9 Å². The van der Waals surface area contributed by atoms with Crippen LogP contribution in [0.2, 0.25) is 0 Å². The van der Waals surface area contributed by atoms with Crippen molar-refractivity contribution in [3.05, 3.63) is 56.5 Å². The van der Waals surface area contributed by atoms with Crippen molar-refractivity contribution in [3.63, 3.8) is 0 Å². The van der Waals surface area contributed by atoms with E-state index in [0.717, 1.165) is 14.5 Å². The number of fused-ring (bicyclic) bond motifs is 3. The van der Waals surface area contributed by atoms with Gasteiger partial charge in [-0.15, -0.1) is 0 Å². The summed E-state index contributed by atoms with van der Waals surface area (Å²) in [5.41, 5.74) is 1.74. The molecule has 0 heterocycles. The molecule has 0 saturated heterocycles. The summed E-state index contributed by atoms with van der Waals surface area (Å²) in [6.45, 7) is 0. The second-order valence-electron chi connectivity index (χ2n) is 4.54. The SMILES string of the molecule is O=C1C(O)c2cc(Br)ccc2C2C=CC(Br)=CC12. The molecule has 0 aromatic heterocycles. The number of rotatable bonds is 0. The van der Waals surface area contributed by atoms with Crippen molar-refractivity contribution in [2.75, 3.05) is 0 Å². The smallest absolute Gasteiger partial charge is 0.173 e. The van der Waals surface area contributed by atoms with Gasteiger partial charge in [0.25, 0.3) is 0 Å². The number of halogens is 2. The van der Waals surface area contributed by atoms with Crippen LogP contribution in [0.25, 0.3) is 0 Å². The highest BCUT2D eigenvalue weighted by Crippen LogP contribution is 2.44. The predicted molar refractivity (Wildman–Crippen MR) is 76.5 cm³/mol. The average molecular weight is 370 g/mol. The van der Waals surface area contributed by atoms with Crippen molar-refractivity contribution in [1.82, 2.24) is 0 Å². The van der Waals surface area contributed by atoms with Gasteiger partial charge in [-0.2, -0.15) is 0 Å². The summed E-state index contributed by atoms with van der Waals surface area (Å²) < 4.78 is 1.77. The molecule has 3 atom stereocenters. The Labute approximate surface area is 122 Å². The first-order valence-corrected chi connectivity index (χ1v) is 7.23. The third-order valence-electron chi connectivity index (χ3n) is 3.49. The Kier molecular flexibility index (Phi) is 3.04. The Balaban J connectivity index is 2.18. The molecule has 2 aliphatic carbocycles. The number of benzene rings is 1. The predicted octanol–water partition coefficient (Wildman–Crippen LogP) is 3.61. The fourth-order valence-electron chi connectivity index (χ4n) is 2.62. The topological polar surface area (TPSA) is 37.3 Å². The zero-order valence-corrected chi connectivity index (χ0v) is 12.5. The van der Waals surface area contributed by atoms with Crippen molar-refractivity contribution in [1.29, 1.82) is 0 Å². The molecular weight excluding hydrogens is 360 g/mol. The van der Waals surface area contributed by atoms with Crippen LogP contribution in [0.1, 0.15) is 23.1 Å². The van der Waals surface area contributed by atoms with Gasteiger partial charge in [0, 0.05) is 14.9 Å². The van der Waals surface area contributed by atoms with E-state index >= 15 is 0 Å². The molecule has 0 radical (unpaired) electrons. The molecule has 1 aromatic carbocycles. The molecular formula is C14H10Br2O2. The molecule has 92 valence electrons.